The number of hydrogen-bond acceptors (Lipinski definition) is 3. The van der Waals surface area contributed by atoms with Gasteiger partial charge in [-0.1, -0.05) is 13.8 Å². The second-order valence-corrected chi connectivity index (χ2v) is 5.91. The molecule has 0 bridgehead atoms. The molecule has 2 heterocycles. The van der Waals surface area contributed by atoms with Crippen LogP contribution in [-0.4, -0.2) is 24.1 Å². The van der Waals surface area contributed by atoms with Gasteiger partial charge >= 0.3 is 6.18 Å². The fourth-order valence-electron chi connectivity index (χ4n) is 2.49. The lowest BCUT2D eigenvalue weighted by atomic mass is 9.77. The van der Waals surface area contributed by atoms with E-state index in [2.05, 4.69) is 29.5 Å². The van der Waals surface area contributed by atoms with Crippen LogP contribution in [0.1, 0.15) is 32.3 Å². The molecule has 1 aliphatic rings. The third-order valence-corrected chi connectivity index (χ3v) is 3.91. The molecule has 2 N–H and O–H groups in total. The van der Waals surface area contributed by atoms with Crippen molar-refractivity contribution in [1.29, 1.82) is 0 Å². The summed E-state index contributed by atoms with van der Waals surface area (Å²) in [6.45, 7) is 6.04. The minimum Gasteiger partial charge on any atom is -0.368 e. The maximum atomic E-state index is 12.4. The number of pyridine rings is 1. The Morgan fingerprint density at radius 3 is 2.70 bits per heavy atom. The first kappa shape index (κ1) is 15.1. The first-order chi connectivity index (χ1) is 9.29. The normalized spacial score (nSPS) is 22.6. The third kappa shape index (κ3) is 3.62. The Hall–Kier alpha value is -1.30. The maximum absolute atomic E-state index is 12.4. The third-order valence-electron chi connectivity index (χ3n) is 3.91. The number of nitrogens with zero attached hydrogens (tertiary/aromatic N) is 1. The second kappa shape index (κ2) is 5.60. The molecule has 0 aromatic carbocycles. The van der Waals surface area contributed by atoms with E-state index in [0.717, 1.165) is 31.6 Å². The standard InChI is InChI=1S/C14H20F3N3/c1-13(2)6-3-7-18-11(13)9-20-12-5-4-10(8-19-12)14(15,16)17/h4-5,8,11,18H,3,6-7,9H2,1-2H3,(H,19,20). The van der Waals surface area contributed by atoms with Gasteiger partial charge < -0.3 is 10.6 Å². The summed E-state index contributed by atoms with van der Waals surface area (Å²) in [6, 6.07) is 2.72. The number of hydrogen-bond donors (Lipinski definition) is 2. The first-order valence-corrected chi connectivity index (χ1v) is 6.79. The number of anilines is 1. The summed E-state index contributed by atoms with van der Waals surface area (Å²) in [5, 5.41) is 6.55. The molecule has 0 amide bonds. The van der Waals surface area contributed by atoms with Crippen molar-refractivity contribution in [1.82, 2.24) is 10.3 Å². The molecule has 0 aliphatic carbocycles. The molecule has 112 valence electrons. The van der Waals surface area contributed by atoms with Gasteiger partial charge in [0.25, 0.3) is 0 Å². The molecule has 3 nitrogen and oxygen atoms in total. The maximum Gasteiger partial charge on any atom is 0.417 e. The van der Waals surface area contributed by atoms with Gasteiger partial charge in [-0.2, -0.15) is 13.2 Å². The lowest BCUT2D eigenvalue weighted by Gasteiger charge is -2.39. The van der Waals surface area contributed by atoms with Crippen LogP contribution in [0.3, 0.4) is 0 Å². The Labute approximate surface area is 117 Å². The lowest BCUT2D eigenvalue weighted by Crippen LogP contribution is -2.50. The zero-order chi connectivity index (χ0) is 14.8. The molecular formula is C14H20F3N3. The van der Waals surface area contributed by atoms with Crippen molar-refractivity contribution < 1.29 is 13.2 Å². The van der Waals surface area contributed by atoms with Gasteiger partial charge in [0.05, 0.1) is 5.56 Å². The van der Waals surface area contributed by atoms with Crippen LogP contribution in [0.15, 0.2) is 18.3 Å². The van der Waals surface area contributed by atoms with Crippen molar-refractivity contribution in [2.75, 3.05) is 18.4 Å². The van der Waals surface area contributed by atoms with E-state index in [1.807, 2.05) is 0 Å². The summed E-state index contributed by atoms with van der Waals surface area (Å²) in [4.78, 5) is 3.82. The lowest BCUT2D eigenvalue weighted by molar-refractivity contribution is -0.137. The van der Waals surface area contributed by atoms with Crippen LogP contribution in [0, 0.1) is 5.41 Å². The number of rotatable bonds is 3. The minimum absolute atomic E-state index is 0.178. The molecule has 0 spiro atoms. The molecular weight excluding hydrogens is 267 g/mol. The molecule has 6 heteroatoms. The van der Waals surface area contributed by atoms with Gasteiger partial charge in [0.15, 0.2) is 0 Å². The zero-order valence-electron chi connectivity index (χ0n) is 11.7. The summed E-state index contributed by atoms with van der Waals surface area (Å²) in [5.74, 6) is 0.473. The van der Waals surface area contributed by atoms with Crippen molar-refractivity contribution in [3.8, 4) is 0 Å². The van der Waals surface area contributed by atoms with Crippen LogP contribution < -0.4 is 10.6 Å². The van der Waals surface area contributed by atoms with Gasteiger partial charge in [0, 0.05) is 18.8 Å². The average Bonchev–Trinajstić information content (AvgIpc) is 2.36. The summed E-state index contributed by atoms with van der Waals surface area (Å²) in [6.07, 6.45) is -1.17. The van der Waals surface area contributed by atoms with Gasteiger partial charge in [-0.25, -0.2) is 4.98 Å². The quantitative estimate of drug-likeness (QED) is 0.895. The van der Waals surface area contributed by atoms with Gasteiger partial charge in [0.1, 0.15) is 5.82 Å². The summed E-state index contributed by atoms with van der Waals surface area (Å²) in [5.41, 5.74) is -0.545. The Bertz CT molecular complexity index is 440. The summed E-state index contributed by atoms with van der Waals surface area (Å²) < 4.78 is 37.3. The number of halogens is 3. The van der Waals surface area contributed by atoms with Gasteiger partial charge in [-0.3, -0.25) is 0 Å². The predicted molar refractivity (Wildman–Crippen MR) is 72.5 cm³/mol. The minimum atomic E-state index is -4.33. The molecule has 0 radical (unpaired) electrons. The van der Waals surface area contributed by atoms with Gasteiger partial charge in [-0.05, 0) is 36.9 Å². The van der Waals surface area contributed by atoms with Crippen molar-refractivity contribution in [3.05, 3.63) is 23.9 Å². The monoisotopic (exact) mass is 287 g/mol. The van der Waals surface area contributed by atoms with E-state index >= 15 is 0 Å². The zero-order valence-corrected chi connectivity index (χ0v) is 11.7. The van der Waals surface area contributed by atoms with Crippen molar-refractivity contribution >= 4 is 5.82 Å². The molecule has 1 saturated heterocycles. The highest BCUT2D eigenvalue weighted by Gasteiger charge is 2.32. The van der Waals surface area contributed by atoms with E-state index in [9.17, 15) is 13.2 Å². The molecule has 1 aromatic heterocycles. The molecule has 0 saturated carbocycles. The molecule has 20 heavy (non-hydrogen) atoms. The number of nitrogens with one attached hydrogen (secondary N) is 2. The van der Waals surface area contributed by atoms with Crippen LogP contribution in [0.4, 0.5) is 19.0 Å². The van der Waals surface area contributed by atoms with Gasteiger partial charge in [-0.15, -0.1) is 0 Å². The van der Waals surface area contributed by atoms with Crippen LogP contribution in [0.25, 0.3) is 0 Å². The summed E-state index contributed by atoms with van der Waals surface area (Å²) in [7, 11) is 0. The highest BCUT2D eigenvalue weighted by Crippen LogP contribution is 2.31. The van der Waals surface area contributed by atoms with E-state index in [1.165, 1.54) is 6.07 Å². The number of alkyl halides is 3. The Balaban J connectivity index is 1.94. The van der Waals surface area contributed by atoms with E-state index in [1.54, 1.807) is 0 Å². The smallest absolute Gasteiger partial charge is 0.368 e. The van der Waals surface area contributed by atoms with Crippen molar-refractivity contribution in [2.24, 2.45) is 5.41 Å². The van der Waals surface area contributed by atoms with Crippen LogP contribution in [0.2, 0.25) is 0 Å². The Morgan fingerprint density at radius 1 is 1.40 bits per heavy atom. The van der Waals surface area contributed by atoms with Crippen LogP contribution in [-0.2, 0) is 6.18 Å². The Morgan fingerprint density at radius 2 is 2.15 bits per heavy atom. The molecule has 2 rings (SSSR count). The molecule has 1 atom stereocenters. The van der Waals surface area contributed by atoms with Crippen LogP contribution >= 0.6 is 0 Å². The molecule has 1 aromatic rings. The largest absolute Gasteiger partial charge is 0.417 e. The van der Waals surface area contributed by atoms with Crippen molar-refractivity contribution in [3.63, 3.8) is 0 Å². The fourth-order valence-corrected chi connectivity index (χ4v) is 2.49. The van der Waals surface area contributed by atoms with Crippen molar-refractivity contribution in [2.45, 2.75) is 38.9 Å². The topological polar surface area (TPSA) is 37.0 Å². The highest BCUT2D eigenvalue weighted by molar-refractivity contribution is 5.36. The molecule has 1 unspecified atom stereocenters. The predicted octanol–water partition coefficient (Wildman–Crippen LogP) is 3.29. The molecule has 1 aliphatic heterocycles. The number of piperidine rings is 1. The first-order valence-electron chi connectivity index (χ1n) is 6.79. The van der Waals surface area contributed by atoms with E-state index < -0.39 is 11.7 Å². The fraction of sp³-hybridized carbons (Fsp3) is 0.643. The summed E-state index contributed by atoms with van der Waals surface area (Å²) >= 11 is 0. The Kier molecular flexibility index (Phi) is 4.22. The number of aromatic nitrogens is 1. The second-order valence-electron chi connectivity index (χ2n) is 5.91. The van der Waals surface area contributed by atoms with Crippen LogP contribution in [0.5, 0.6) is 0 Å². The van der Waals surface area contributed by atoms with E-state index in [-0.39, 0.29) is 5.41 Å². The SMILES string of the molecule is CC1(C)CCCNC1CNc1ccc(C(F)(F)F)cn1. The molecule has 1 fully saturated rings. The average molecular weight is 287 g/mol. The van der Waals surface area contributed by atoms with E-state index in [0.29, 0.717) is 18.4 Å². The van der Waals surface area contributed by atoms with E-state index in [4.69, 9.17) is 0 Å². The highest BCUT2D eigenvalue weighted by atomic mass is 19.4. The van der Waals surface area contributed by atoms with Gasteiger partial charge in [0.2, 0.25) is 0 Å².